The summed E-state index contributed by atoms with van der Waals surface area (Å²) in [6.07, 6.45) is 5.05. The van der Waals surface area contributed by atoms with Crippen molar-refractivity contribution in [1.29, 1.82) is 0 Å². The van der Waals surface area contributed by atoms with Gasteiger partial charge in [-0.05, 0) is 66.3 Å². The monoisotopic (exact) mass is 573 g/mol. The van der Waals surface area contributed by atoms with Crippen LogP contribution in [0.15, 0.2) is 65.7 Å². The lowest BCUT2D eigenvalue weighted by Gasteiger charge is -2.17. The molecule has 8 nitrogen and oxygen atoms in total. The molecule has 0 unspecified atom stereocenters. The number of hydrogen-bond acceptors (Lipinski definition) is 5. The number of carbonyl (C=O) groups excluding carboxylic acids is 1. The van der Waals surface area contributed by atoms with Gasteiger partial charge in [-0.2, -0.15) is 5.10 Å². The predicted octanol–water partition coefficient (Wildman–Crippen LogP) is 4.87. The summed E-state index contributed by atoms with van der Waals surface area (Å²) in [7, 11) is -3.47. The van der Waals surface area contributed by atoms with Gasteiger partial charge in [0.2, 0.25) is 0 Å². The summed E-state index contributed by atoms with van der Waals surface area (Å²) < 4.78 is 23.7. The number of aromatic amines is 1. The van der Waals surface area contributed by atoms with Crippen LogP contribution in [0.2, 0.25) is 10.0 Å². The van der Waals surface area contributed by atoms with E-state index in [4.69, 9.17) is 23.2 Å². The van der Waals surface area contributed by atoms with Crippen LogP contribution >= 0.6 is 23.2 Å². The maximum atomic E-state index is 13.0. The first kappa shape index (κ1) is 27.6. The minimum absolute atomic E-state index is 0.0158. The van der Waals surface area contributed by atoms with Crippen LogP contribution in [0.4, 0.5) is 0 Å². The first-order valence-corrected chi connectivity index (χ1v) is 14.4. The number of carboxylic acids is 1. The molecule has 0 spiro atoms. The normalized spacial score (nSPS) is 12.4. The smallest absolute Gasteiger partial charge is 0.326 e. The van der Waals surface area contributed by atoms with E-state index in [9.17, 15) is 23.1 Å². The quantitative estimate of drug-likeness (QED) is 0.248. The molecule has 3 N–H and O–H groups in total. The van der Waals surface area contributed by atoms with Crippen LogP contribution in [-0.4, -0.2) is 47.9 Å². The molecule has 0 bridgehead atoms. The zero-order chi connectivity index (χ0) is 27.4. The highest BCUT2D eigenvalue weighted by molar-refractivity contribution is 7.90. The summed E-state index contributed by atoms with van der Waals surface area (Å²) in [5.74, 6) is -2.01. The van der Waals surface area contributed by atoms with Gasteiger partial charge in [0.15, 0.2) is 9.84 Å². The number of halogens is 2. The molecule has 0 saturated heterocycles. The van der Waals surface area contributed by atoms with Crippen molar-refractivity contribution in [1.82, 2.24) is 15.5 Å². The molecule has 1 amide bonds. The molecular formula is C27H25Cl2N3O5S. The molecule has 1 heterocycles. The SMILES string of the molecule is CS(=O)(=O)c1cccc(C[C@H](NC(=O)c2c(Cl)cc(CCCc3ccc4cn[nH]c4c3)cc2Cl)C(=O)O)c1. The average molecular weight is 574 g/mol. The third kappa shape index (κ3) is 6.72. The van der Waals surface area contributed by atoms with Crippen LogP contribution in [0.25, 0.3) is 10.9 Å². The average Bonchev–Trinajstić information content (AvgIpc) is 3.31. The van der Waals surface area contributed by atoms with Crippen molar-refractivity contribution in [2.45, 2.75) is 36.6 Å². The summed E-state index contributed by atoms with van der Waals surface area (Å²) in [6.45, 7) is 0. The van der Waals surface area contributed by atoms with Crippen LogP contribution < -0.4 is 5.32 Å². The van der Waals surface area contributed by atoms with Crippen molar-refractivity contribution in [2.75, 3.05) is 6.26 Å². The zero-order valence-corrected chi connectivity index (χ0v) is 22.7. The second-order valence-electron chi connectivity index (χ2n) is 9.07. The minimum atomic E-state index is -3.47. The maximum Gasteiger partial charge on any atom is 0.326 e. The van der Waals surface area contributed by atoms with E-state index in [0.29, 0.717) is 12.0 Å². The van der Waals surface area contributed by atoms with Crippen molar-refractivity contribution in [3.05, 3.63) is 93.1 Å². The molecule has 4 rings (SSSR count). The van der Waals surface area contributed by atoms with Gasteiger partial charge in [0, 0.05) is 18.1 Å². The van der Waals surface area contributed by atoms with Gasteiger partial charge in [0.1, 0.15) is 6.04 Å². The number of H-pyrrole nitrogens is 1. The number of rotatable bonds is 10. The van der Waals surface area contributed by atoms with Gasteiger partial charge in [-0.15, -0.1) is 0 Å². The Kier molecular flexibility index (Phi) is 8.40. The highest BCUT2D eigenvalue weighted by atomic mass is 35.5. The first-order chi connectivity index (χ1) is 18.0. The molecule has 0 aliphatic heterocycles. The molecule has 0 radical (unpaired) electrons. The van der Waals surface area contributed by atoms with Gasteiger partial charge in [0.25, 0.3) is 5.91 Å². The molecule has 11 heteroatoms. The molecule has 0 fully saturated rings. The lowest BCUT2D eigenvalue weighted by molar-refractivity contribution is -0.139. The summed E-state index contributed by atoms with van der Waals surface area (Å²) >= 11 is 12.8. The highest BCUT2D eigenvalue weighted by Gasteiger charge is 2.25. The maximum absolute atomic E-state index is 13.0. The fourth-order valence-electron chi connectivity index (χ4n) is 4.19. The van der Waals surface area contributed by atoms with Gasteiger partial charge in [-0.25, -0.2) is 13.2 Å². The van der Waals surface area contributed by atoms with E-state index in [0.717, 1.165) is 41.1 Å². The zero-order valence-electron chi connectivity index (χ0n) is 20.4. The Balaban J connectivity index is 1.42. The van der Waals surface area contributed by atoms with Crippen molar-refractivity contribution < 1.29 is 23.1 Å². The number of carbonyl (C=O) groups is 2. The number of aliphatic carboxylic acids is 1. The summed E-state index contributed by atoms with van der Waals surface area (Å²) in [5.41, 5.74) is 3.42. The third-order valence-electron chi connectivity index (χ3n) is 6.14. The minimum Gasteiger partial charge on any atom is -0.480 e. The second kappa shape index (κ2) is 11.6. The van der Waals surface area contributed by atoms with E-state index in [2.05, 4.69) is 27.6 Å². The van der Waals surface area contributed by atoms with Crippen molar-refractivity contribution >= 4 is 55.8 Å². The van der Waals surface area contributed by atoms with Crippen LogP contribution in [0, 0.1) is 0 Å². The third-order valence-corrected chi connectivity index (χ3v) is 7.84. The van der Waals surface area contributed by atoms with Crippen LogP contribution in [-0.2, 0) is 33.9 Å². The van der Waals surface area contributed by atoms with E-state index >= 15 is 0 Å². The number of amides is 1. The number of aromatic nitrogens is 2. The molecule has 0 saturated carbocycles. The largest absolute Gasteiger partial charge is 0.480 e. The van der Waals surface area contributed by atoms with E-state index in [1.807, 2.05) is 6.07 Å². The number of benzene rings is 3. The van der Waals surface area contributed by atoms with Crippen molar-refractivity contribution in [3.8, 4) is 0 Å². The molecule has 0 aliphatic rings. The Morgan fingerprint density at radius 2 is 1.71 bits per heavy atom. The summed E-state index contributed by atoms with van der Waals surface area (Å²) in [4.78, 5) is 24.9. The Morgan fingerprint density at radius 3 is 2.39 bits per heavy atom. The first-order valence-electron chi connectivity index (χ1n) is 11.7. The number of sulfone groups is 1. The van der Waals surface area contributed by atoms with Gasteiger partial charge < -0.3 is 10.4 Å². The Labute approximate surface area is 229 Å². The molecule has 38 heavy (non-hydrogen) atoms. The second-order valence-corrected chi connectivity index (χ2v) is 11.9. The Morgan fingerprint density at radius 1 is 1.00 bits per heavy atom. The molecule has 1 aromatic heterocycles. The van der Waals surface area contributed by atoms with Crippen LogP contribution in [0.5, 0.6) is 0 Å². The molecule has 0 aliphatic carbocycles. The van der Waals surface area contributed by atoms with Gasteiger partial charge in [0.05, 0.1) is 32.2 Å². The van der Waals surface area contributed by atoms with Crippen LogP contribution in [0.1, 0.15) is 33.5 Å². The molecule has 198 valence electrons. The number of nitrogens with zero attached hydrogens (tertiary/aromatic N) is 1. The van der Waals surface area contributed by atoms with E-state index in [-0.39, 0.29) is 26.9 Å². The fraction of sp³-hybridized carbons (Fsp3) is 0.222. The standard InChI is InChI=1S/C27H25Cl2N3O5S/c1-38(36,37)20-7-3-6-17(10-20)14-24(27(34)35)31-26(33)25-21(28)11-18(12-22(25)29)5-2-4-16-8-9-19-15-30-32-23(19)13-16/h3,6-13,15,24H,2,4-5,14H2,1H3,(H,30,32)(H,31,33)(H,34,35)/t24-/m0/s1. The van der Waals surface area contributed by atoms with E-state index in [1.165, 1.54) is 18.2 Å². The number of hydrogen-bond donors (Lipinski definition) is 3. The predicted molar refractivity (Wildman–Crippen MR) is 147 cm³/mol. The summed E-state index contributed by atoms with van der Waals surface area (Å²) in [5, 5.41) is 20.4. The lowest BCUT2D eigenvalue weighted by Crippen LogP contribution is -2.42. The highest BCUT2D eigenvalue weighted by Crippen LogP contribution is 2.28. The summed E-state index contributed by atoms with van der Waals surface area (Å²) in [6, 6.07) is 14.1. The van der Waals surface area contributed by atoms with Crippen molar-refractivity contribution in [3.63, 3.8) is 0 Å². The van der Waals surface area contributed by atoms with Gasteiger partial charge in [-0.3, -0.25) is 9.89 Å². The Bertz CT molecular complexity index is 1600. The Hall–Kier alpha value is -3.40. The van der Waals surface area contributed by atoms with Crippen LogP contribution in [0.3, 0.4) is 0 Å². The molecule has 3 aromatic carbocycles. The molecular weight excluding hydrogens is 549 g/mol. The van der Waals surface area contributed by atoms with Gasteiger partial charge >= 0.3 is 5.97 Å². The number of carboxylic acid groups (broad SMARTS) is 1. The fourth-order valence-corrected chi connectivity index (χ4v) is 5.59. The molecule has 1 atom stereocenters. The molecule has 4 aromatic rings. The topological polar surface area (TPSA) is 129 Å². The van der Waals surface area contributed by atoms with E-state index in [1.54, 1.807) is 24.4 Å². The number of fused-ring (bicyclic) bond motifs is 1. The van der Waals surface area contributed by atoms with Gasteiger partial charge in [-0.1, -0.05) is 47.5 Å². The lowest BCUT2D eigenvalue weighted by atomic mass is 10.0. The van der Waals surface area contributed by atoms with E-state index < -0.39 is 27.8 Å². The van der Waals surface area contributed by atoms with Crippen molar-refractivity contribution in [2.24, 2.45) is 0 Å². The number of nitrogens with one attached hydrogen (secondary N) is 2. The number of aryl methyl sites for hydroxylation is 2.